The number of aliphatic hydroxyl groups is 1. The lowest BCUT2D eigenvalue weighted by molar-refractivity contribution is 0.281. The molecule has 0 atom stereocenters. The second kappa shape index (κ2) is 3.69. The van der Waals surface area contributed by atoms with Crippen molar-refractivity contribution in [3.63, 3.8) is 0 Å². The zero-order valence-corrected chi connectivity index (χ0v) is 8.36. The number of hydrogen-bond acceptors (Lipinski definition) is 1. The topological polar surface area (TPSA) is 20.2 Å². The maximum absolute atomic E-state index is 12.7. The van der Waals surface area contributed by atoms with Crippen LogP contribution in [0.4, 0.5) is 4.39 Å². The van der Waals surface area contributed by atoms with E-state index < -0.39 is 0 Å². The molecule has 4 heteroatoms. The Morgan fingerprint density at radius 3 is 2.73 bits per heavy atom. The van der Waals surface area contributed by atoms with Gasteiger partial charge in [-0.05, 0) is 40.3 Å². The first-order valence-electron chi connectivity index (χ1n) is 2.89. The fourth-order valence-corrected chi connectivity index (χ4v) is 1.43. The third-order valence-corrected chi connectivity index (χ3v) is 2.44. The Balaban J connectivity index is 3.21. The van der Waals surface area contributed by atoms with Gasteiger partial charge >= 0.3 is 0 Å². The van der Waals surface area contributed by atoms with Gasteiger partial charge in [0.25, 0.3) is 0 Å². The highest BCUT2D eigenvalue weighted by molar-refractivity contribution is 14.1. The molecule has 0 aliphatic rings. The summed E-state index contributed by atoms with van der Waals surface area (Å²) in [5, 5.41) is 8.99. The summed E-state index contributed by atoms with van der Waals surface area (Å²) in [5.74, 6) is -0.354. The lowest BCUT2D eigenvalue weighted by atomic mass is 10.2. The van der Waals surface area contributed by atoms with Gasteiger partial charge in [0, 0.05) is 8.59 Å². The predicted molar refractivity (Wildman–Crippen MR) is 50.0 cm³/mol. The second-order valence-electron chi connectivity index (χ2n) is 2.02. The molecule has 1 aromatic rings. The summed E-state index contributed by atoms with van der Waals surface area (Å²) in [7, 11) is 0. The van der Waals surface area contributed by atoms with Gasteiger partial charge in [0.2, 0.25) is 0 Å². The lowest BCUT2D eigenvalue weighted by Gasteiger charge is -2.01. The van der Waals surface area contributed by atoms with Crippen molar-refractivity contribution in [3.05, 3.63) is 32.1 Å². The fraction of sp³-hybridized carbons (Fsp3) is 0.143. The van der Waals surface area contributed by atoms with Crippen molar-refractivity contribution in [2.24, 2.45) is 0 Å². The molecule has 60 valence electrons. The van der Waals surface area contributed by atoms with Crippen LogP contribution in [0.15, 0.2) is 12.1 Å². The Bertz CT molecular complexity index is 277. The average molecular weight is 286 g/mol. The normalized spacial score (nSPS) is 10.2. The second-order valence-corrected chi connectivity index (χ2v) is 3.59. The SMILES string of the molecule is OCc1cc(I)c(F)cc1Cl. The van der Waals surface area contributed by atoms with Crippen LogP contribution >= 0.6 is 34.2 Å². The van der Waals surface area contributed by atoms with E-state index in [0.717, 1.165) is 0 Å². The maximum Gasteiger partial charge on any atom is 0.138 e. The van der Waals surface area contributed by atoms with E-state index in [1.54, 1.807) is 0 Å². The fourth-order valence-electron chi connectivity index (χ4n) is 0.685. The van der Waals surface area contributed by atoms with Crippen LogP contribution in [0.3, 0.4) is 0 Å². The zero-order valence-electron chi connectivity index (χ0n) is 5.44. The predicted octanol–water partition coefficient (Wildman–Crippen LogP) is 2.58. The molecule has 11 heavy (non-hydrogen) atoms. The van der Waals surface area contributed by atoms with E-state index in [4.69, 9.17) is 16.7 Å². The van der Waals surface area contributed by atoms with Gasteiger partial charge in [0.1, 0.15) is 5.82 Å². The van der Waals surface area contributed by atoms with Crippen LogP contribution in [0.2, 0.25) is 5.02 Å². The van der Waals surface area contributed by atoms with Crippen LogP contribution < -0.4 is 0 Å². The van der Waals surface area contributed by atoms with E-state index in [9.17, 15) is 4.39 Å². The minimum atomic E-state index is -0.354. The van der Waals surface area contributed by atoms with Crippen molar-refractivity contribution in [2.75, 3.05) is 0 Å². The molecule has 0 unspecified atom stereocenters. The molecule has 0 aliphatic heterocycles. The molecule has 0 radical (unpaired) electrons. The number of benzene rings is 1. The van der Waals surface area contributed by atoms with Gasteiger partial charge in [-0.2, -0.15) is 0 Å². The first-order valence-corrected chi connectivity index (χ1v) is 4.35. The molecule has 1 nitrogen and oxygen atoms in total. The van der Waals surface area contributed by atoms with Gasteiger partial charge in [-0.15, -0.1) is 0 Å². The van der Waals surface area contributed by atoms with Crippen LogP contribution in [0.25, 0.3) is 0 Å². The number of halogens is 3. The molecule has 0 aromatic heterocycles. The van der Waals surface area contributed by atoms with Gasteiger partial charge < -0.3 is 5.11 Å². The first-order chi connectivity index (χ1) is 5.15. The molecule has 1 N–H and O–H groups in total. The molecule has 1 aromatic carbocycles. The summed E-state index contributed by atoms with van der Waals surface area (Å²) >= 11 is 7.44. The Morgan fingerprint density at radius 2 is 2.18 bits per heavy atom. The summed E-state index contributed by atoms with van der Waals surface area (Å²) in [6.07, 6.45) is 0. The smallest absolute Gasteiger partial charge is 0.138 e. The summed E-state index contributed by atoms with van der Waals surface area (Å²) < 4.78 is 13.2. The minimum absolute atomic E-state index is 0.158. The van der Waals surface area contributed by atoms with Crippen molar-refractivity contribution in [1.82, 2.24) is 0 Å². The first kappa shape index (κ1) is 9.22. The molecule has 0 fully saturated rings. The summed E-state index contributed by atoms with van der Waals surface area (Å²) in [6, 6.07) is 2.73. The molecular weight excluding hydrogens is 281 g/mol. The average Bonchev–Trinajstić information content (AvgIpc) is 1.97. The Kier molecular flexibility index (Phi) is 3.09. The van der Waals surface area contributed by atoms with Gasteiger partial charge in [-0.25, -0.2) is 4.39 Å². The van der Waals surface area contributed by atoms with Gasteiger partial charge in [0.15, 0.2) is 0 Å². The lowest BCUT2D eigenvalue weighted by Crippen LogP contribution is -1.89. The zero-order chi connectivity index (χ0) is 8.43. The molecule has 0 heterocycles. The van der Waals surface area contributed by atoms with Crippen molar-refractivity contribution in [2.45, 2.75) is 6.61 Å². The highest BCUT2D eigenvalue weighted by Crippen LogP contribution is 2.21. The third-order valence-electron chi connectivity index (χ3n) is 1.26. The molecule has 1 rings (SSSR count). The largest absolute Gasteiger partial charge is 0.392 e. The Morgan fingerprint density at radius 1 is 1.55 bits per heavy atom. The summed E-state index contributed by atoms with van der Waals surface area (Å²) in [6.45, 7) is -0.158. The van der Waals surface area contributed by atoms with E-state index in [1.165, 1.54) is 12.1 Å². The molecule has 0 spiro atoms. The van der Waals surface area contributed by atoms with Crippen molar-refractivity contribution < 1.29 is 9.50 Å². The van der Waals surface area contributed by atoms with Crippen molar-refractivity contribution >= 4 is 34.2 Å². The summed E-state index contributed by atoms with van der Waals surface area (Å²) in [5.41, 5.74) is 0.553. The van der Waals surface area contributed by atoms with Gasteiger partial charge in [-0.1, -0.05) is 11.6 Å². The van der Waals surface area contributed by atoms with Crippen LogP contribution in [-0.4, -0.2) is 5.11 Å². The molecular formula is C7H5ClFIO. The highest BCUT2D eigenvalue weighted by Gasteiger charge is 2.04. The number of rotatable bonds is 1. The minimum Gasteiger partial charge on any atom is -0.392 e. The maximum atomic E-state index is 12.7. The Labute approximate surface area is 82.3 Å². The van der Waals surface area contributed by atoms with Crippen LogP contribution in [-0.2, 0) is 6.61 Å². The quantitative estimate of drug-likeness (QED) is 0.621. The molecule has 0 saturated carbocycles. The van der Waals surface area contributed by atoms with Gasteiger partial charge in [0.05, 0.1) is 6.61 Å². The Hall–Kier alpha value is 0.130. The molecule has 0 aliphatic carbocycles. The molecule has 0 saturated heterocycles. The van der Waals surface area contributed by atoms with Crippen molar-refractivity contribution in [1.29, 1.82) is 0 Å². The van der Waals surface area contributed by atoms with E-state index in [-0.39, 0.29) is 17.4 Å². The number of aliphatic hydroxyl groups excluding tert-OH is 1. The summed E-state index contributed by atoms with van der Waals surface area (Å²) in [4.78, 5) is 0. The van der Waals surface area contributed by atoms with Crippen LogP contribution in [0.5, 0.6) is 0 Å². The molecule has 0 amide bonds. The third kappa shape index (κ3) is 2.04. The standard InChI is InChI=1S/C7H5ClFIO/c8-5-2-6(9)7(10)1-4(5)3-11/h1-2,11H,3H2. The monoisotopic (exact) mass is 286 g/mol. The highest BCUT2D eigenvalue weighted by atomic mass is 127. The van der Waals surface area contributed by atoms with Gasteiger partial charge in [-0.3, -0.25) is 0 Å². The van der Waals surface area contributed by atoms with E-state index in [2.05, 4.69) is 0 Å². The van der Waals surface area contributed by atoms with Crippen LogP contribution in [0, 0.1) is 9.39 Å². The van der Waals surface area contributed by atoms with E-state index in [0.29, 0.717) is 9.13 Å². The molecule has 0 bridgehead atoms. The van der Waals surface area contributed by atoms with E-state index >= 15 is 0 Å². The number of hydrogen-bond donors (Lipinski definition) is 1. The van der Waals surface area contributed by atoms with Crippen molar-refractivity contribution in [3.8, 4) is 0 Å². The van der Waals surface area contributed by atoms with E-state index in [1.807, 2.05) is 22.6 Å². The van der Waals surface area contributed by atoms with Crippen LogP contribution in [0.1, 0.15) is 5.56 Å².